The van der Waals surface area contributed by atoms with Gasteiger partial charge in [-0.1, -0.05) is 0 Å². The Hall–Kier alpha value is -1.88. The summed E-state index contributed by atoms with van der Waals surface area (Å²) in [5.41, 5.74) is 1.94. The van der Waals surface area contributed by atoms with Gasteiger partial charge in [0.15, 0.2) is 0 Å². The normalized spacial score (nSPS) is 14.9. The molecule has 0 saturated heterocycles. The van der Waals surface area contributed by atoms with Crippen molar-refractivity contribution in [2.75, 3.05) is 13.2 Å². The molecule has 1 aromatic heterocycles. The number of ether oxygens (including phenoxy) is 1. The first-order valence-electron chi connectivity index (χ1n) is 6.50. The van der Waals surface area contributed by atoms with E-state index >= 15 is 0 Å². The molecule has 5 heteroatoms. The maximum Gasteiger partial charge on any atom is 0.335 e. The molecule has 1 N–H and O–H groups in total. The van der Waals surface area contributed by atoms with Gasteiger partial charge in [0, 0.05) is 13.2 Å². The quantitative estimate of drug-likeness (QED) is 0.808. The van der Waals surface area contributed by atoms with Crippen LogP contribution in [0, 0.1) is 5.92 Å². The molecular formula is C14H16N2O3. The van der Waals surface area contributed by atoms with Gasteiger partial charge >= 0.3 is 5.97 Å². The summed E-state index contributed by atoms with van der Waals surface area (Å²) < 4.78 is 7.53. The predicted molar refractivity (Wildman–Crippen MR) is 70.2 cm³/mol. The van der Waals surface area contributed by atoms with Gasteiger partial charge in [-0.2, -0.15) is 0 Å². The molecule has 19 heavy (non-hydrogen) atoms. The van der Waals surface area contributed by atoms with Crippen LogP contribution in [-0.4, -0.2) is 33.8 Å². The molecule has 100 valence electrons. The number of imidazole rings is 1. The Bertz CT molecular complexity index is 602. The van der Waals surface area contributed by atoms with Crippen LogP contribution in [0.15, 0.2) is 24.5 Å². The smallest absolute Gasteiger partial charge is 0.335 e. The Morgan fingerprint density at radius 3 is 3.05 bits per heavy atom. The van der Waals surface area contributed by atoms with Gasteiger partial charge in [0.1, 0.15) is 0 Å². The summed E-state index contributed by atoms with van der Waals surface area (Å²) in [6.45, 7) is 2.18. The molecule has 5 nitrogen and oxygen atoms in total. The van der Waals surface area contributed by atoms with Gasteiger partial charge < -0.3 is 14.4 Å². The average Bonchev–Trinajstić information content (AvgIpc) is 3.14. The van der Waals surface area contributed by atoms with Crippen LogP contribution >= 0.6 is 0 Å². The van der Waals surface area contributed by atoms with Gasteiger partial charge in [-0.05, 0) is 37.0 Å². The summed E-state index contributed by atoms with van der Waals surface area (Å²) >= 11 is 0. The molecule has 1 aromatic carbocycles. The van der Waals surface area contributed by atoms with Crippen LogP contribution in [0.2, 0.25) is 0 Å². The first-order chi connectivity index (χ1) is 9.24. The van der Waals surface area contributed by atoms with E-state index < -0.39 is 5.97 Å². The maximum atomic E-state index is 11.0. The van der Waals surface area contributed by atoms with Crippen LogP contribution in [0.1, 0.15) is 23.2 Å². The zero-order valence-electron chi connectivity index (χ0n) is 10.6. The first kappa shape index (κ1) is 12.2. The second kappa shape index (κ2) is 5.01. The number of aromatic carboxylic acids is 1. The van der Waals surface area contributed by atoms with Gasteiger partial charge in [0.05, 0.1) is 29.5 Å². The van der Waals surface area contributed by atoms with Crippen LogP contribution < -0.4 is 0 Å². The van der Waals surface area contributed by atoms with E-state index in [1.807, 2.05) is 4.57 Å². The summed E-state index contributed by atoms with van der Waals surface area (Å²) in [4.78, 5) is 15.2. The van der Waals surface area contributed by atoms with E-state index in [1.165, 1.54) is 12.8 Å². The molecule has 0 radical (unpaired) electrons. The molecular weight excluding hydrogens is 244 g/mol. The fraction of sp³-hybridized carbons (Fsp3) is 0.429. The van der Waals surface area contributed by atoms with E-state index in [1.54, 1.807) is 24.5 Å². The van der Waals surface area contributed by atoms with Crippen molar-refractivity contribution in [2.45, 2.75) is 19.4 Å². The lowest BCUT2D eigenvalue weighted by Crippen LogP contribution is -2.07. The monoisotopic (exact) mass is 260 g/mol. The lowest BCUT2D eigenvalue weighted by molar-refractivity contribution is 0.0697. The Labute approximate surface area is 110 Å². The zero-order chi connectivity index (χ0) is 13.2. The first-order valence-corrected chi connectivity index (χ1v) is 6.50. The second-order valence-corrected chi connectivity index (χ2v) is 4.96. The number of benzene rings is 1. The highest BCUT2D eigenvalue weighted by Gasteiger charge is 2.20. The number of nitrogens with zero attached hydrogens (tertiary/aromatic N) is 2. The van der Waals surface area contributed by atoms with Crippen molar-refractivity contribution in [3.05, 3.63) is 30.1 Å². The topological polar surface area (TPSA) is 64.3 Å². The number of hydrogen-bond donors (Lipinski definition) is 1. The third-order valence-electron chi connectivity index (χ3n) is 3.40. The minimum atomic E-state index is -0.917. The molecule has 0 bridgehead atoms. The van der Waals surface area contributed by atoms with Crippen LogP contribution in [0.25, 0.3) is 11.0 Å². The number of carboxylic acid groups (broad SMARTS) is 1. The van der Waals surface area contributed by atoms with Gasteiger partial charge in [0.2, 0.25) is 0 Å². The van der Waals surface area contributed by atoms with E-state index in [0.29, 0.717) is 13.2 Å². The molecule has 1 saturated carbocycles. The van der Waals surface area contributed by atoms with Crippen molar-refractivity contribution >= 4 is 17.0 Å². The number of hydrogen-bond acceptors (Lipinski definition) is 3. The molecule has 0 spiro atoms. The molecule has 0 unspecified atom stereocenters. The van der Waals surface area contributed by atoms with Crippen LogP contribution in [0.4, 0.5) is 0 Å². The maximum absolute atomic E-state index is 11.0. The summed E-state index contributed by atoms with van der Waals surface area (Å²) in [5.74, 6) is -0.155. The van der Waals surface area contributed by atoms with Crippen LogP contribution in [0.3, 0.4) is 0 Å². The van der Waals surface area contributed by atoms with Gasteiger partial charge in [0.25, 0.3) is 0 Å². The minimum Gasteiger partial charge on any atom is -0.478 e. The van der Waals surface area contributed by atoms with E-state index in [0.717, 1.165) is 23.6 Å². The summed E-state index contributed by atoms with van der Waals surface area (Å²) in [5, 5.41) is 9.00. The zero-order valence-corrected chi connectivity index (χ0v) is 10.6. The minimum absolute atomic E-state index is 0.285. The highest BCUT2D eigenvalue weighted by molar-refractivity contribution is 5.92. The van der Waals surface area contributed by atoms with Gasteiger partial charge in [-0.15, -0.1) is 0 Å². The molecule has 1 aliphatic rings. The second-order valence-electron chi connectivity index (χ2n) is 4.96. The van der Waals surface area contributed by atoms with Crippen molar-refractivity contribution in [2.24, 2.45) is 5.92 Å². The Balaban J connectivity index is 1.70. The Morgan fingerprint density at radius 2 is 2.32 bits per heavy atom. The number of rotatable bonds is 6. The van der Waals surface area contributed by atoms with E-state index in [4.69, 9.17) is 9.84 Å². The van der Waals surface area contributed by atoms with Gasteiger partial charge in [-0.3, -0.25) is 0 Å². The number of carbonyl (C=O) groups is 1. The Kier molecular flexibility index (Phi) is 3.21. The summed E-state index contributed by atoms with van der Waals surface area (Å²) in [6, 6.07) is 4.97. The third-order valence-corrected chi connectivity index (χ3v) is 3.40. The summed E-state index contributed by atoms with van der Waals surface area (Å²) in [6.07, 6.45) is 4.31. The Morgan fingerprint density at radius 1 is 1.47 bits per heavy atom. The summed E-state index contributed by atoms with van der Waals surface area (Å²) in [7, 11) is 0. The van der Waals surface area contributed by atoms with Crippen molar-refractivity contribution in [3.8, 4) is 0 Å². The van der Waals surface area contributed by atoms with Gasteiger partial charge in [-0.25, -0.2) is 9.78 Å². The fourth-order valence-electron chi connectivity index (χ4n) is 2.07. The van der Waals surface area contributed by atoms with E-state index in [-0.39, 0.29) is 5.56 Å². The van der Waals surface area contributed by atoms with Crippen LogP contribution in [0.5, 0.6) is 0 Å². The lowest BCUT2D eigenvalue weighted by Gasteiger charge is -2.06. The largest absolute Gasteiger partial charge is 0.478 e. The molecule has 3 rings (SSSR count). The van der Waals surface area contributed by atoms with Crippen molar-refractivity contribution < 1.29 is 14.6 Å². The molecule has 0 atom stereocenters. The number of aromatic nitrogens is 2. The predicted octanol–water partition coefficient (Wildman–Crippen LogP) is 2.16. The molecule has 0 aliphatic heterocycles. The number of fused-ring (bicyclic) bond motifs is 1. The van der Waals surface area contributed by atoms with E-state index in [9.17, 15) is 4.79 Å². The van der Waals surface area contributed by atoms with Crippen molar-refractivity contribution in [1.82, 2.24) is 9.55 Å². The van der Waals surface area contributed by atoms with Crippen LogP contribution in [-0.2, 0) is 11.3 Å². The molecule has 1 aliphatic carbocycles. The molecule has 2 aromatic rings. The highest BCUT2D eigenvalue weighted by Crippen LogP contribution is 2.28. The fourth-order valence-corrected chi connectivity index (χ4v) is 2.07. The van der Waals surface area contributed by atoms with Crippen molar-refractivity contribution in [1.29, 1.82) is 0 Å². The standard InChI is InChI=1S/C14H16N2O3/c17-14(18)11-3-4-12-13(7-11)16(9-15-12)5-6-19-8-10-1-2-10/h3-4,7,9-10H,1-2,5-6,8H2,(H,17,18). The number of carboxylic acids is 1. The molecule has 1 heterocycles. The third kappa shape index (κ3) is 2.76. The molecule has 0 amide bonds. The van der Waals surface area contributed by atoms with E-state index in [2.05, 4.69) is 4.98 Å². The SMILES string of the molecule is O=C(O)c1ccc2ncn(CCOCC3CC3)c2c1. The highest BCUT2D eigenvalue weighted by atomic mass is 16.5. The lowest BCUT2D eigenvalue weighted by atomic mass is 10.2. The van der Waals surface area contributed by atoms with Crippen molar-refractivity contribution in [3.63, 3.8) is 0 Å². The average molecular weight is 260 g/mol. The molecule has 1 fully saturated rings.